The molecule has 0 spiro atoms. The van der Waals surface area contributed by atoms with E-state index in [-0.39, 0.29) is 0 Å². The van der Waals surface area contributed by atoms with Gasteiger partial charge in [0.2, 0.25) is 0 Å². The smallest absolute Gasteiger partial charge is 0.156 e. The van der Waals surface area contributed by atoms with Crippen molar-refractivity contribution in [3.8, 4) is 0 Å². The van der Waals surface area contributed by atoms with Crippen LogP contribution in [0.4, 0.5) is 5.82 Å². The molecule has 2 heterocycles. The minimum atomic E-state index is 0.763. The van der Waals surface area contributed by atoms with E-state index >= 15 is 0 Å². The van der Waals surface area contributed by atoms with Gasteiger partial charge < -0.3 is 4.90 Å². The molecule has 12 heavy (non-hydrogen) atoms. The van der Waals surface area contributed by atoms with Crippen LogP contribution in [0.1, 0.15) is 0 Å². The van der Waals surface area contributed by atoms with E-state index in [4.69, 9.17) is 0 Å². The summed E-state index contributed by atoms with van der Waals surface area (Å²) in [7, 11) is 0. The fourth-order valence-electron chi connectivity index (χ4n) is 0.988. The summed E-state index contributed by atoms with van der Waals surface area (Å²) < 4.78 is 1.89. The van der Waals surface area contributed by atoms with Gasteiger partial charge in [-0.05, 0) is 12.1 Å². The lowest BCUT2D eigenvalue weighted by molar-refractivity contribution is 0.683. The molecule has 1 aliphatic heterocycles. The maximum atomic E-state index is 3.97. The molecule has 2 rings (SSSR count). The Balaban J connectivity index is 2.18. The van der Waals surface area contributed by atoms with Gasteiger partial charge >= 0.3 is 0 Å². The third-order valence-corrected chi connectivity index (χ3v) is 2.01. The molecule has 0 aromatic carbocycles. The van der Waals surface area contributed by atoms with Crippen LogP contribution in [0.5, 0.6) is 0 Å². The van der Waals surface area contributed by atoms with Gasteiger partial charge in [-0.25, -0.2) is 0 Å². The van der Waals surface area contributed by atoms with Crippen molar-refractivity contribution in [2.75, 3.05) is 11.6 Å². The first-order valence-corrected chi connectivity index (χ1v) is 4.22. The first-order chi connectivity index (χ1) is 5.86. The summed E-state index contributed by atoms with van der Waals surface area (Å²) in [4.78, 5) is 1.99. The van der Waals surface area contributed by atoms with E-state index < -0.39 is 0 Å². The van der Waals surface area contributed by atoms with Crippen LogP contribution in [0.2, 0.25) is 0 Å². The number of hydrogen-bond acceptors (Lipinski definition) is 4. The Bertz CT molecular complexity index is 287. The summed E-state index contributed by atoms with van der Waals surface area (Å²) in [5.74, 6) is 0.857. The summed E-state index contributed by atoms with van der Waals surface area (Å²) in [6.07, 6.45) is 5.53. The Labute approximate surface area is 78.8 Å². The molecule has 4 nitrogen and oxygen atoms in total. The topological polar surface area (TPSA) is 32.3 Å². The van der Waals surface area contributed by atoms with Gasteiger partial charge in [0.15, 0.2) is 5.82 Å². The van der Waals surface area contributed by atoms with Gasteiger partial charge in [0.1, 0.15) is 6.67 Å². The van der Waals surface area contributed by atoms with Crippen molar-refractivity contribution in [1.82, 2.24) is 14.1 Å². The number of anilines is 1. The number of rotatable bonds is 1. The highest BCUT2D eigenvalue weighted by Crippen LogP contribution is 2.16. The van der Waals surface area contributed by atoms with Gasteiger partial charge in [-0.2, -0.15) is 5.10 Å². The van der Waals surface area contributed by atoms with Crippen LogP contribution in [-0.2, 0) is 0 Å². The largest absolute Gasteiger partial charge is 0.311 e. The van der Waals surface area contributed by atoms with E-state index in [1.165, 1.54) is 0 Å². The van der Waals surface area contributed by atoms with Crippen LogP contribution >= 0.6 is 16.1 Å². The van der Waals surface area contributed by atoms with Gasteiger partial charge in [-0.15, -0.1) is 5.10 Å². The second kappa shape index (κ2) is 3.10. The molecule has 0 fully saturated rings. The average molecular weight is 227 g/mol. The normalized spacial score (nSPS) is 15.8. The summed E-state index contributed by atoms with van der Waals surface area (Å²) in [6.45, 7) is 0.763. The van der Waals surface area contributed by atoms with Crippen molar-refractivity contribution in [1.29, 1.82) is 0 Å². The first kappa shape index (κ1) is 7.54. The average Bonchev–Trinajstić information content (AvgIpc) is 2.54. The fraction of sp³-hybridized carbons (Fsp3) is 0.143. The molecular weight excluding hydrogens is 220 g/mol. The number of nitrogens with zero attached hydrogens (tertiary/aromatic N) is 4. The fourth-order valence-corrected chi connectivity index (χ4v) is 1.34. The first-order valence-electron chi connectivity index (χ1n) is 3.51. The second-order valence-electron chi connectivity index (χ2n) is 2.39. The molecule has 5 heteroatoms. The SMILES string of the molecule is BrN1C=CN(c2cccnn2)C1. The van der Waals surface area contributed by atoms with Gasteiger partial charge in [-0.1, -0.05) is 0 Å². The van der Waals surface area contributed by atoms with Crippen molar-refractivity contribution in [3.63, 3.8) is 0 Å². The lowest BCUT2D eigenvalue weighted by Gasteiger charge is -2.14. The van der Waals surface area contributed by atoms with E-state index in [0.717, 1.165) is 12.5 Å². The lowest BCUT2D eigenvalue weighted by atomic mass is 10.5. The third kappa shape index (κ3) is 1.40. The van der Waals surface area contributed by atoms with Crippen LogP contribution in [0.15, 0.2) is 30.7 Å². The van der Waals surface area contributed by atoms with Crippen molar-refractivity contribution in [2.45, 2.75) is 0 Å². The van der Waals surface area contributed by atoms with Crippen molar-refractivity contribution < 1.29 is 0 Å². The summed E-state index contributed by atoms with van der Waals surface area (Å²) >= 11 is 3.33. The summed E-state index contributed by atoms with van der Waals surface area (Å²) in [5.41, 5.74) is 0. The molecule has 1 aromatic rings. The van der Waals surface area contributed by atoms with Crippen molar-refractivity contribution >= 4 is 22.0 Å². The Kier molecular flexibility index (Phi) is 1.95. The van der Waals surface area contributed by atoms with Crippen LogP contribution in [0.25, 0.3) is 0 Å². The zero-order valence-electron chi connectivity index (χ0n) is 6.26. The van der Waals surface area contributed by atoms with Crippen LogP contribution in [0, 0.1) is 0 Å². The lowest BCUT2D eigenvalue weighted by Crippen LogP contribution is -2.19. The predicted octanol–water partition coefficient (Wildman–Crippen LogP) is 1.34. The number of aromatic nitrogens is 2. The zero-order valence-corrected chi connectivity index (χ0v) is 7.85. The number of hydrogen-bond donors (Lipinski definition) is 0. The third-order valence-electron chi connectivity index (χ3n) is 1.55. The maximum absolute atomic E-state index is 3.97. The maximum Gasteiger partial charge on any atom is 0.156 e. The number of halogens is 1. The second-order valence-corrected chi connectivity index (χ2v) is 3.30. The monoisotopic (exact) mass is 226 g/mol. The van der Waals surface area contributed by atoms with E-state index in [0.29, 0.717) is 0 Å². The van der Waals surface area contributed by atoms with Gasteiger partial charge in [0.05, 0.1) is 16.1 Å². The molecule has 0 unspecified atom stereocenters. The molecule has 0 aliphatic carbocycles. The van der Waals surface area contributed by atoms with Crippen LogP contribution in [-0.4, -0.2) is 20.8 Å². The Morgan fingerprint density at radius 1 is 1.42 bits per heavy atom. The Morgan fingerprint density at radius 2 is 2.33 bits per heavy atom. The molecule has 0 saturated heterocycles. The summed E-state index contributed by atoms with van der Waals surface area (Å²) in [5, 5.41) is 7.77. The molecule has 1 aromatic heterocycles. The molecule has 0 amide bonds. The van der Waals surface area contributed by atoms with Crippen LogP contribution in [0.3, 0.4) is 0 Å². The molecule has 0 bridgehead atoms. The molecule has 0 atom stereocenters. The Morgan fingerprint density at radius 3 is 2.92 bits per heavy atom. The minimum Gasteiger partial charge on any atom is -0.311 e. The molecule has 1 aliphatic rings. The van der Waals surface area contributed by atoms with E-state index in [1.807, 2.05) is 33.4 Å². The van der Waals surface area contributed by atoms with E-state index in [9.17, 15) is 0 Å². The molecular formula is C7H7BrN4. The van der Waals surface area contributed by atoms with Gasteiger partial charge in [-0.3, -0.25) is 3.93 Å². The zero-order chi connectivity index (χ0) is 8.39. The highest BCUT2D eigenvalue weighted by atomic mass is 79.9. The highest BCUT2D eigenvalue weighted by molar-refractivity contribution is 9.07. The predicted molar refractivity (Wildman–Crippen MR) is 49.3 cm³/mol. The van der Waals surface area contributed by atoms with E-state index in [1.54, 1.807) is 6.20 Å². The van der Waals surface area contributed by atoms with Gasteiger partial charge in [0, 0.05) is 18.6 Å². The molecule has 0 radical (unpaired) electrons. The quantitative estimate of drug-likeness (QED) is 0.677. The molecule has 0 saturated carbocycles. The van der Waals surface area contributed by atoms with Crippen molar-refractivity contribution in [3.05, 3.63) is 30.7 Å². The minimum absolute atomic E-state index is 0.763. The van der Waals surface area contributed by atoms with Crippen LogP contribution < -0.4 is 4.90 Å². The Hall–Kier alpha value is -1.10. The molecule has 0 N–H and O–H groups in total. The standard InChI is InChI=1S/C7H7BrN4/c8-12-5-4-11(6-12)7-2-1-3-9-10-7/h1-5H,6H2. The van der Waals surface area contributed by atoms with E-state index in [2.05, 4.69) is 26.3 Å². The summed E-state index contributed by atoms with van der Waals surface area (Å²) in [6, 6.07) is 3.79. The van der Waals surface area contributed by atoms with Gasteiger partial charge in [0.25, 0.3) is 0 Å². The highest BCUT2D eigenvalue weighted by Gasteiger charge is 2.11. The molecule has 62 valence electrons. The van der Waals surface area contributed by atoms with Crippen molar-refractivity contribution in [2.24, 2.45) is 0 Å².